The number of aromatic nitrogens is 2. The fourth-order valence-electron chi connectivity index (χ4n) is 1.93. The molecule has 0 saturated carbocycles. The lowest BCUT2D eigenvalue weighted by Crippen LogP contribution is -2.26. The fraction of sp³-hybridized carbons (Fsp3) is 0.714. The Balaban J connectivity index is 3.03. The number of aryl methyl sites for hydroxylation is 1. The van der Waals surface area contributed by atoms with Crippen LogP contribution in [0.3, 0.4) is 0 Å². The second-order valence-corrected chi connectivity index (χ2v) is 4.92. The van der Waals surface area contributed by atoms with E-state index >= 15 is 0 Å². The minimum atomic E-state index is 0.596. The Kier molecular flexibility index (Phi) is 6.41. The van der Waals surface area contributed by atoms with Crippen molar-refractivity contribution in [1.29, 1.82) is 0 Å². The summed E-state index contributed by atoms with van der Waals surface area (Å²) in [6.07, 6.45) is 4.30. The largest absolute Gasteiger partial charge is 0.357 e. The smallest absolute Gasteiger partial charge is 0.137 e. The Bertz CT molecular complexity index is 380. The van der Waals surface area contributed by atoms with Crippen LogP contribution in [0.1, 0.15) is 51.4 Å². The molecular weight excluding hydrogens is 246 g/mol. The van der Waals surface area contributed by atoms with E-state index in [4.69, 9.17) is 11.6 Å². The van der Waals surface area contributed by atoms with Crippen molar-refractivity contribution in [2.45, 2.75) is 53.4 Å². The van der Waals surface area contributed by atoms with Gasteiger partial charge in [0.2, 0.25) is 0 Å². The van der Waals surface area contributed by atoms with Gasteiger partial charge in [-0.1, -0.05) is 31.9 Å². The van der Waals surface area contributed by atoms with Gasteiger partial charge in [0, 0.05) is 25.1 Å². The Morgan fingerprint density at radius 3 is 2.39 bits per heavy atom. The third-order valence-electron chi connectivity index (χ3n) is 3.04. The molecular formula is C14H24ClN3. The Labute approximate surface area is 116 Å². The Morgan fingerprint density at radius 1 is 1.11 bits per heavy atom. The second-order valence-electron chi connectivity index (χ2n) is 4.56. The number of hydrogen-bond donors (Lipinski definition) is 0. The molecule has 0 aliphatic rings. The van der Waals surface area contributed by atoms with Crippen LogP contribution < -0.4 is 4.90 Å². The van der Waals surface area contributed by atoms with E-state index in [1.165, 1.54) is 12.8 Å². The maximum Gasteiger partial charge on any atom is 0.137 e. The summed E-state index contributed by atoms with van der Waals surface area (Å²) < 4.78 is 0. The molecule has 0 spiro atoms. The Hall–Kier alpha value is -0.830. The maximum atomic E-state index is 6.21. The molecule has 0 unspecified atom stereocenters. The molecule has 0 fully saturated rings. The van der Waals surface area contributed by atoms with Crippen LogP contribution in [0.5, 0.6) is 0 Å². The predicted octanol–water partition coefficient (Wildman–Crippen LogP) is 4.02. The zero-order valence-electron chi connectivity index (χ0n) is 12.0. The van der Waals surface area contributed by atoms with Crippen LogP contribution in [0.2, 0.25) is 5.15 Å². The minimum Gasteiger partial charge on any atom is -0.357 e. The highest BCUT2D eigenvalue weighted by Gasteiger charge is 2.14. The summed E-state index contributed by atoms with van der Waals surface area (Å²) in [6, 6.07) is 0. The maximum absolute atomic E-state index is 6.21. The third-order valence-corrected chi connectivity index (χ3v) is 3.41. The van der Waals surface area contributed by atoms with E-state index in [0.717, 1.165) is 43.1 Å². The average Bonchev–Trinajstić information content (AvgIpc) is 2.36. The summed E-state index contributed by atoms with van der Waals surface area (Å²) in [5, 5.41) is 0.596. The molecule has 0 bridgehead atoms. The molecule has 0 aliphatic heterocycles. The lowest BCUT2D eigenvalue weighted by atomic mass is 10.2. The predicted molar refractivity (Wildman–Crippen MR) is 78.6 cm³/mol. The molecule has 102 valence electrons. The molecule has 0 N–H and O–H groups in total. The molecule has 0 aliphatic carbocycles. The SMILES string of the molecule is CCCCN(CC)c1nc(CCC)nc(Cl)c1C. The van der Waals surface area contributed by atoms with Crippen molar-refractivity contribution in [1.82, 2.24) is 9.97 Å². The van der Waals surface area contributed by atoms with Crippen LogP contribution in [0.25, 0.3) is 0 Å². The van der Waals surface area contributed by atoms with Crippen molar-refractivity contribution < 1.29 is 0 Å². The first-order chi connectivity index (χ1) is 8.63. The topological polar surface area (TPSA) is 29.0 Å². The molecule has 1 heterocycles. The van der Waals surface area contributed by atoms with E-state index in [1.54, 1.807) is 0 Å². The van der Waals surface area contributed by atoms with Gasteiger partial charge in [-0.3, -0.25) is 0 Å². The van der Waals surface area contributed by atoms with Gasteiger partial charge in [-0.2, -0.15) is 0 Å². The van der Waals surface area contributed by atoms with Gasteiger partial charge in [-0.25, -0.2) is 9.97 Å². The lowest BCUT2D eigenvalue weighted by Gasteiger charge is -2.24. The standard InChI is InChI=1S/C14H24ClN3/c1-5-8-10-18(7-3)14-11(4)13(15)16-12(17-14)9-6-2/h5-10H2,1-4H3. The van der Waals surface area contributed by atoms with Gasteiger partial charge in [-0.15, -0.1) is 0 Å². The van der Waals surface area contributed by atoms with Crippen LogP contribution in [-0.2, 0) is 6.42 Å². The van der Waals surface area contributed by atoms with Crippen LogP contribution >= 0.6 is 11.6 Å². The van der Waals surface area contributed by atoms with E-state index in [2.05, 4.69) is 35.6 Å². The van der Waals surface area contributed by atoms with Crippen LogP contribution in [0.4, 0.5) is 5.82 Å². The molecule has 0 amide bonds. The summed E-state index contributed by atoms with van der Waals surface area (Å²) in [7, 11) is 0. The summed E-state index contributed by atoms with van der Waals surface area (Å²) in [6.45, 7) is 10.5. The number of unbranched alkanes of at least 4 members (excludes halogenated alkanes) is 1. The minimum absolute atomic E-state index is 0.596. The van der Waals surface area contributed by atoms with Gasteiger partial charge in [0.1, 0.15) is 16.8 Å². The highest BCUT2D eigenvalue weighted by Crippen LogP contribution is 2.24. The zero-order chi connectivity index (χ0) is 13.5. The average molecular weight is 270 g/mol. The first-order valence-corrected chi connectivity index (χ1v) is 7.29. The molecule has 3 nitrogen and oxygen atoms in total. The highest BCUT2D eigenvalue weighted by molar-refractivity contribution is 6.30. The highest BCUT2D eigenvalue weighted by atomic mass is 35.5. The van der Waals surface area contributed by atoms with E-state index in [1.807, 2.05) is 6.92 Å². The summed E-state index contributed by atoms with van der Waals surface area (Å²) >= 11 is 6.21. The summed E-state index contributed by atoms with van der Waals surface area (Å²) in [5.41, 5.74) is 0.995. The number of nitrogens with zero attached hydrogens (tertiary/aromatic N) is 3. The van der Waals surface area contributed by atoms with Crippen LogP contribution in [0, 0.1) is 6.92 Å². The summed E-state index contributed by atoms with van der Waals surface area (Å²) in [5.74, 6) is 1.87. The third kappa shape index (κ3) is 3.84. The van der Waals surface area contributed by atoms with Gasteiger partial charge in [0.05, 0.1) is 0 Å². The van der Waals surface area contributed by atoms with Crippen molar-refractivity contribution in [3.63, 3.8) is 0 Å². The van der Waals surface area contributed by atoms with E-state index in [9.17, 15) is 0 Å². The van der Waals surface area contributed by atoms with Crippen molar-refractivity contribution in [2.75, 3.05) is 18.0 Å². The van der Waals surface area contributed by atoms with Gasteiger partial charge < -0.3 is 4.90 Å². The van der Waals surface area contributed by atoms with Crippen molar-refractivity contribution in [3.05, 3.63) is 16.5 Å². The van der Waals surface area contributed by atoms with Crippen molar-refractivity contribution >= 4 is 17.4 Å². The monoisotopic (exact) mass is 269 g/mol. The summed E-state index contributed by atoms with van der Waals surface area (Å²) in [4.78, 5) is 11.3. The van der Waals surface area contributed by atoms with E-state index < -0.39 is 0 Å². The molecule has 4 heteroatoms. The van der Waals surface area contributed by atoms with Crippen LogP contribution in [-0.4, -0.2) is 23.1 Å². The lowest BCUT2D eigenvalue weighted by molar-refractivity contribution is 0.713. The molecule has 1 aromatic heterocycles. The van der Waals surface area contributed by atoms with Crippen LogP contribution in [0.15, 0.2) is 0 Å². The number of halogens is 1. The van der Waals surface area contributed by atoms with E-state index in [-0.39, 0.29) is 0 Å². The van der Waals surface area contributed by atoms with Gasteiger partial charge in [-0.05, 0) is 26.7 Å². The number of hydrogen-bond acceptors (Lipinski definition) is 3. The normalized spacial score (nSPS) is 10.7. The van der Waals surface area contributed by atoms with Gasteiger partial charge in [0.15, 0.2) is 0 Å². The molecule has 0 atom stereocenters. The molecule has 18 heavy (non-hydrogen) atoms. The molecule has 0 radical (unpaired) electrons. The Morgan fingerprint density at radius 2 is 1.83 bits per heavy atom. The number of rotatable bonds is 7. The molecule has 0 saturated heterocycles. The van der Waals surface area contributed by atoms with Gasteiger partial charge in [0.25, 0.3) is 0 Å². The van der Waals surface area contributed by atoms with Gasteiger partial charge >= 0.3 is 0 Å². The first kappa shape index (κ1) is 15.2. The molecule has 1 rings (SSSR count). The second kappa shape index (κ2) is 7.57. The van der Waals surface area contributed by atoms with E-state index in [0.29, 0.717) is 5.15 Å². The van der Waals surface area contributed by atoms with Crippen molar-refractivity contribution in [3.8, 4) is 0 Å². The quantitative estimate of drug-likeness (QED) is 0.700. The molecule has 1 aromatic rings. The molecule has 0 aromatic carbocycles. The van der Waals surface area contributed by atoms with Crippen molar-refractivity contribution in [2.24, 2.45) is 0 Å². The first-order valence-electron chi connectivity index (χ1n) is 6.91. The number of anilines is 1. The zero-order valence-corrected chi connectivity index (χ0v) is 12.7. The fourth-order valence-corrected chi connectivity index (χ4v) is 2.11.